The summed E-state index contributed by atoms with van der Waals surface area (Å²) < 4.78 is 7.68. The van der Waals surface area contributed by atoms with Gasteiger partial charge in [0.1, 0.15) is 18.2 Å². The zero-order chi connectivity index (χ0) is 25.1. The summed E-state index contributed by atoms with van der Waals surface area (Å²) in [6, 6.07) is 19.1. The maximum Gasteiger partial charge on any atom is 0.356 e. The van der Waals surface area contributed by atoms with Crippen LogP contribution in [0.25, 0.3) is 0 Å². The molecule has 36 heavy (non-hydrogen) atoms. The number of tetrazole rings is 1. The molecule has 184 valence electrons. The number of carbonyl (C=O) groups is 2. The molecule has 0 radical (unpaired) electrons. The zero-order valence-corrected chi connectivity index (χ0v) is 21.1. The number of hydrogen-bond donors (Lipinski definition) is 0. The van der Waals surface area contributed by atoms with E-state index in [1.807, 2.05) is 60.7 Å². The number of benzene rings is 2. The van der Waals surface area contributed by atoms with Crippen molar-refractivity contribution in [1.82, 2.24) is 25.1 Å². The van der Waals surface area contributed by atoms with Crippen LogP contribution in [-0.4, -0.2) is 66.7 Å². The molecule has 0 N–H and O–H groups in total. The predicted molar refractivity (Wildman–Crippen MR) is 135 cm³/mol. The summed E-state index contributed by atoms with van der Waals surface area (Å²) >= 11 is 2.89. The number of carbonyl (C=O) groups excluding carboxylic acids is 2. The Morgan fingerprint density at radius 3 is 2.42 bits per heavy atom. The maximum atomic E-state index is 13.8. The van der Waals surface area contributed by atoms with Crippen molar-refractivity contribution in [2.24, 2.45) is 12.2 Å². The fraction of sp³-hybridized carbons (Fsp3) is 0.250. The highest BCUT2D eigenvalue weighted by molar-refractivity contribution is 8.01. The van der Waals surface area contributed by atoms with Gasteiger partial charge >= 0.3 is 5.97 Å². The van der Waals surface area contributed by atoms with Gasteiger partial charge in [0, 0.05) is 18.6 Å². The van der Waals surface area contributed by atoms with Gasteiger partial charge in [-0.2, -0.15) is 0 Å². The first kappa shape index (κ1) is 24.1. The molecule has 0 spiro atoms. The molecule has 2 aliphatic rings. The number of β-lactam (4-membered cyclic amide) rings is 1. The van der Waals surface area contributed by atoms with Crippen molar-refractivity contribution >= 4 is 41.1 Å². The molecule has 2 aromatic carbocycles. The topological polar surface area (TPSA) is 112 Å². The first-order valence-corrected chi connectivity index (χ1v) is 13.1. The minimum absolute atomic E-state index is 0.235. The fourth-order valence-electron chi connectivity index (χ4n) is 3.96. The SMILES string of the molecule is CO/N=C1\C(=O)N2C(C(=O)OC(c3ccccc3)c3ccccc3)=C(CSc3nnnn3C)CS[C@H]12. The number of nitrogens with zero attached hydrogens (tertiary/aromatic N) is 6. The lowest BCUT2D eigenvalue weighted by Gasteiger charge is -2.44. The van der Waals surface area contributed by atoms with Crippen LogP contribution >= 0.6 is 23.5 Å². The van der Waals surface area contributed by atoms with E-state index in [0.29, 0.717) is 16.7 Å². The van der Waals surface area contributed by atoms with Crippen molar-refractivity contribution in [2.75, 3.05) is 18.6 Å². The number of ether oxygens (including phenoxy) is 1. The smallest absolute Gasteiger partial charge is 0.356 e. The highest BCUT2D eigenvalue weighted by Crippen LogP contribution is 2.41. The summed E-state index contributed by atoms with van der Waals surface area (Å²) in [6.45, 7) is 0. The van der Waals surface area contributed by atoms with E-state index in [2.05, 4.69) is 20.7 Å². The van der Waals surface area contributed by atoms with Crippen LogP contribution in [0.3, 0.4) is 0 Å². The number of aromatic nitrogens is 4. The Labute approximate surface area is 215 Å². The van der Waals surface area contributed by atoms with Gasteiger partial charge in [0.25, 0.3) is 5.91 Å². The minimum Gasteiger partial charge on any atom is -0.448 e. The Kier molecular flexibility index (Phi) is 7.05. The molecule has 3 heterocycles. The molecule has 10 nitrogen and oxygen atoms in total. The molecule has 0 saturated carbocycles. The molecule has 0 unspecified atom stereocenters. The lowest BCUT2D eigenvalue weighted by Crippen LogP contribution is -2.62. The van der Waals surface area contributed by atoms with E-state index in [0.717, 1.165) is 16.7 Å². The van der Waals surface area contributed by atoms with Gasteiger partial charge < -0.3 is 9.57 Å². The number of fused-ring (bicyclic) bond motifs is 1. The second-order valence-electron chi connectivity index (χ2n) is 7.93. The number of oxime groups is 1. The summed E-state index contributed by atoms with van der Waals surface area (Å²) in [5, 5.41) is 15.6. The van der Waals surface area contributed by atoms with Crippen LogP contribution in [0.15, 0.2) is 82.2 Å². The van der Waals surface area contributed by atoms with Crippen LogP contribution in [0.2, 0.25) is 0 Å². The van der Waals surface area contributed by atoms with E-state index in [9.17, 15) is 9.59 Å². The van der Waals surface area contributed by atoms with Gasteiger partial charge in [0.15, 0.2) is 11.8 Å². The molecule has 12 heteroatoms. The molecule has 1 atom stereocenters. The molecule has 2 aliphatic heterocycles. The Balaban J connectivity index is 1.49. The molecule has 1 amide bonds. The van der Waals surface area contributed by atoms with Gasteiger partial charge in [-0.3, -0.25) is 9.69 Å². The van der Waals surface area contributed by atoms with Gasteiger partial charge in [-0.05, 0) is 27.1 Å². The Morgan fingerprint density at radius 1 is 1.17 bits per heavy atom. The van der Waals surface area contributed by atoms with Gasteiger partial charge in [0.05, 0.1) is 0 Å². The third-order valence-corrected chi connectivity index (χ3v) is 8.03. The van der Waals surface area contributed by atoms with Crippen LogP contribution in [0.5, 0.6) is 0 Å². The van der Waals surface area contributed by atoms with Crippen LogP contribution in [0.4, 0.5) is 0 Å². The van der Waals surface area contributed by atoms with E-state index < -0.39 is 17.4 Å². The molecule has 0 aliphatic carbocycles. The van der Waals surface area contributed by atoms with E-state index in [1.54, 1.807) is 11.7 Å². The monoisotopic (exact) mass is 522 g/mol. The number of hydrogen-bond acceptors (Lipinski definition) is 10. The van der Waals surface area contributed by atoms with Crippen molar-refractivity contribution < 1.29 is 19.2 Å². The van der Waals surface area contributed by atoms with Crippen molar-refractivity contribution in [2.45, 2.75) is 16.6 Å². The third-order valence-electron chi connectivity index (χ3n) is 5.67. The second kappa shape index (κ2) is 10.5. The van der Waals surface area contributed by atoms with E-state index in [1.165, 1.54) is 35.5 Å². The molecule has 1 aromatic heterocycles. The van der Waals surface area contributed by atoms with Gasteiger partial charge in [0.2, 0.25) is 5.16 Å². The standard InChI is InChI=1S/C24H22N6O4S2/c1-29-24(25-27-28-29)36-14-17-13-35-22-18(26-33-2)21(31)30(22)19(17)23(32)34-20(15-9-5-3-6-10-15)16-11-7-4-8-12-16/h3-12,20,22H,13-14H2,1-2H3/b26-18+/t22-/m1/s1. The van der Waals surface area contributed by atoms with Crippen LogP contribution in [0, 0.1) is 0 Å². The Bertz CT molecular complexity index is 1290. The molecule has 1 saturated heterocycles. The first-order chi connectivity index (χ1) is 17.6. The summed E-state index contributed by atoms with van der Waals surface area (Å²) in [4.78, 5) is 33.1. The second-order valence-corrected chi connectivity index (χ2v) is 9.94. The minimum atomic E-state index is -0.638. The molecular formula is C24H22N6O4S2. The summed E-state index contributed by atoms with van der Waals surface area (Å²) in [5.74, 6) is -0.0177. The van der Waals surface area contributed by atoms with Crippen LogP contribution in [0.1, 0.15) is 17.2 Å². The lowest BCUT2D eigenvalue weighted by atomic mass is 10.0. The molecule has 3 aromatic rings. The highest BCUT2D eigenvalue weighted by Gasteiger charge is 2.52. The zero-order valence-electron chi connectivity index (χ0n) is 19.5. The average Bonchev–Trinajstić information content (AvgIpc) is 3.33. The normalized spacial score (nSPS) is 18.3. The number of esters is 1. The summed E-state index contributed by atoms with van der Waals surface area (Å²) in [6.07, 6.45) is -0.638. The van der Waals surface area contributed by atoms with Gasteiger partial charge in [-0.25, -0.2) is 9.48 Å². The lowest BCUT2D eigenvalue weighted by molar-refractivity contribution is -0.147. The number of aryl methyl sites for hydroxylation is 1. The Hall–Kier alpha value is -3.64. The summed E-state index contributed by atoms with van der Waals surface area (Å²) in [7, 11) is 3.14. The molecule has 5 rings (SSSR count). The van der Waals surface area contributed by atoms with E-state index in [4.69, 9.17) is 9.57 Å². The molecule has 0 bridgehead atoms. The number of thioether (sulfide) groups is 2. The number of rotatable bonds is 8. The maximum absolute atomic E-state index is 13.8. The predicted octanol–water partition coefficient (Wildman–Crippen LogP) is 2.81. The molecule has 1 fully saturated rings. The summed E-state index contributed by atoms with van der Waals surface area (Å²) in [5.41, 5.74) is 2.94. The van der Waals surface area contributed by atoms with Crippen LogP contribution < -0.4 is 0 Å². The van der Waals surface area contributed by atoms with Crippen LogP contribution in [-0.2, 0) is 26.2 Å². The Morgan fingerprint density at radius 2 is 1.83 bits per heavy atom. The van der Waals surface area contributed by atoms with E-state index >= 15 is 0 Å². The average molecular weight is 523 g/mol. The highest BCUT2D eigenvalue weighted by atomic mass is 32.2. The third kappa shape index (κ3) is 4.61. The van der Waals surface area contributed by atoms with Crippen molar-refractivity contribution in [3.63, 3.8) is 0 Å². The van der Waals surface area contributed by atoms with Crippen molar-refractivity contribution in [3.05, 3.63) is 83.1 Å². The largest absolute Gasteiger partial charge is 0.448 e. The van der Waals surface area contributed by atoms with Gasteiger partial charge in [-0.1, -0.05) is 77.6 Å². The fourth-order valence-corrected chi connectivity index (χ4v) is 6.20. The van der Waals surface area contributed by atoms with Crippen molar-refractivity contribution in [1.29, 1.82) is 0 Å². The quantitative estimate of drug-likeness (QED) is 0.191. The van der Waals surface area contributed by atoms with Crippen molar-refractivity contribution in [3.8, 4) is 0 Å². The van der Waals surface area contributed by atoms with Gasteiger partial charge in [-0.15, -0.1) is 16.9 Å². The first-order valence-electron chi connectivity index (χ1n) is 11.0. The molecular weight excluding hydrogens is 500 g/mol. The van der Waals surface area contributed by atoms with E-state index in [-0.39, 0.29) is 17.3 Å². The number of amides is 1.